The quantitative estimate of drug-likeness (QED) is 0.532. The summed E-state index contributed by atoms with van der Waals surface area (Å²) in [6.07, 6.45) is -6.35. The maximum absolute atomic E-state index is 12.4. The van der Waals surface area contributed by atoms with Crippen molar-refractivity contribution in [3.63, 3.8) is 0 Å². The van der Waals surface area contributed by atoms with Crippen LogP contribution in [0.4, 0.5) is 13.2 Å². The first-order valence-corrected chi connectivity index (χ1v) is 4.99. The minimum atomic E-state index is -4.42. The van der Waals surface area contributed by atoms with Crippen molar-refractivity contribution >= 4 is 23.2 Å². The standard InChI is InChI=1S/C7H12Cl2F3NO/c1-14-6(7(10,11)12)13(4-2-8)5-3-9/h6H,2-5H2,1H3. The number of nitrogens with zero attached hydrogens (tertiary/aromatic N) is 1. The first kappa shape index (κ1) is 14.3. The molecule has 0 aliphatic rings. The van der Waals surface area contributed by atoms with Gasteiger partial charge >= 0.3 is 6.18 Å². The van der Waals surface area contributed by atoms with E-state index in [1.54, 1.807) is 0 Å². The minimum Gasteiger partial charge on any atom is -0.357 e. The third-order valence-corrected chi connectivity index (χ3v) is 1.92. The smallest absolute Gasteiger partial charge is 0.357 e. The van der Waals surface area contributed by atoms with Gasteiger partial charge in [0, 0.05) is 32.0 Å². The Hall–Kier alpha value is 0.290. The number of rotatable bonds is 6. The van der Waals surface area contributed by atoms with Crippen LogP contribution in [0.25, 0.3) is 0 Å². The zero-order valence-electron chi connectivity index (χ0n) is 7.65. The summed E-state index contributed by atoms with van der Waals surface area (Å²) in [5, 5.41) is 0. The van der Waals surface area contributed by atoms with Gasteiger partial charge in [-0.25, -0.2) is 0 Å². The molecule has 0 aromatic heterocycles. The molecular weight excluding hydrogens is 242 g/mol. The van der Waals surface area contributed by atoms with Gasteiger partial charge in [0.15, 0.2) is 0 Å². The molecule has 1 unspecified atom stereocenters. The van der Waals surface area contributed by atoms with Gasteiger partial charge in [-0.2, -0.15) is 13.2 Å². The SMILES string of the molecule is COC(N(CCCl)CCCl)C(F)(F)F. The van der Waals surface area contributed by atoms with Crippen molar-refractivity contribution in [2.45, 2.75) is 12.4 Å². The largest absolute Gasteiger partial charge is 0.428 e. The number of halogens is 5. The van der Waals surface area contributed by atoms with Gasteiger partial charge < -0.3 is 4.74 Å². The summed E-state index contributed by atoms with van der Waals surface area (Å²) >= 11 is 10.8. The van der Waals surface area contributed by atoms with Crippen molar-refractivity contribution in [2.24, 2.45) is 0 Å². The number of alkyl halides is 5. The predicted molar refractivity (Wildman–Crippen MR) is 49.9 cm³/mol. The van der Waals surface area contributed by atoms with Gasteiger partial charge in [0.2, 0.25) is 6.23 Å². The molecule has 0 amide bonds. The highest BCUT2D eigenvalue weighted by molar-refractivity contribution is 6.18. The Labute approximate surface area is 90.9 Å². The highest BCUT2D eigenvalue weighted by atomic mass is 35.5. The van der Waals surface area contributed by atoms with E-state index in [0.717, 1.165) is 12.0 Å². The fourth-order valence-corrected chi connectivity index (χ4v) is 1.49. The Bertz CT molecular complexity index is 150. The number of hydrogen-bond acceptors (Lipinski definition) is 2. The van der Waals surface area contributed by atoms with Gasteiger partial charge in [0.25, 0.3) is 0 Å². The van der Waals surface area contributed by atoms with Crippen LogP contribution in [-0.2, 0) is 4.74 Å². The van der Waals surface area contributed by atoms with Crippen molar-refractivity contribution in [1.82, 2.24) is 4.90 Å². The Kier molecular flexibility index (Phi) is 6.85. The Morgan fingerprint density at radius 2 is 1.64 bits per heavy atom. The average Bonchev–Trinajstić information content (AvgIpc) is 2.03. The lowest BCUT2D eigenvalue weighted by atomic mass is 10.4. The lowest BCUT2D eigenvalue weighted by molar-refractivity contribution is -0.257. The molecule has 14 heavy (non-hydrogen) atoms. The van der Waals surface area contributed by atoms with Crippen molar-refractivity contribution in [3.8, 4) is 0 Å². The van der Waals surface area contributed by atoms with Crippen LogP contribution in [-0.4, -0.2) is 49.3 Å². The van der Waals surface area contributed by atoms with E-state index in [9.17, 15) is 13.2 Å². The van der Waals surface area contributed by atoms with Crippen LogP contribution < -0.4 is 0 Å². The van der Waals surface area contributed by atoms with Gasteiger partial charge in [-0.05, 0) is 0 Å². The van der Waals surface area contributed by atoms with Gasteiger partial charge in [-0.3, -0.25) is 4.90 Å². The first-order valence-electron chi connectivity index (χ1n) is 3.92. The zero-order chi connectivity index (χ0) is 11.2. The summed E-state index contributed by atoms with van der Waals surface area (Å²) in [5.41, 5.74) is 0. The summed E-state index contributed by atoms with van der Waals surface area (Å²) in [7, 11) is 1.01. The maximum Gasteiger partial charge on any atom is 0.428 e. The van der Waals surface area contributed by atoms with Gasteiger partial charge in [0.1, 0.15) is 0 Å². The van der Waals surface area contributed by atoms with Crippen molar-refractivity contribution in [3.05, 3.63) is 0 Å². The molecule has 1 atom stereocenters. The molecule has 0 radical (unpaired) electrons. The third-order valence-electron chi connectivity index (χ3n) is 1.58. The molecule has 0 saturated carbocycles. The maximum atomic E-state index is 12.4. The molecule has 0 saturated heterocycles. The van der Waals surface area contributed by atoms with Crippen molar-refractivity contribution in [2.75, 3.05) is 32.0 Å². The van der Waals surface area contributed by atoms with Crippen LogP contribution >= 0.6 is 23.2 Å². The van der Waals surface area contributed by atoms with Crippen LogP contribution in [0.2, 0.25) is 0 Å². The van der Waals surface area contributed by atoms with Crippen LogP contribution in [0.15, 0.2) is 0 Å². The van der Waals surface area contributed by atoms with E-state index in [1.807, 2.05) is 0 Å². The highest BCUT2D eigenvalue weighted by Crippen LogP contribution is 2.25. The van der Waals surface area contributed by atoms with Gasteiger partial charge in [-0.1, -0.05) is 0 Å². The predicted octanol–water partition coefficient (Wildman–Crippen LogP) is 2.30. The number of hydrogen-bond donors (Lipinski definition) is 0. The van der Waals surface area contributed by atoms with E-state index < -0.39 is 12.4 Å². The van der Waals surface area contributed by atoms with Crippen molar-refractivity contribution in [1.29, 1.82) is 0 Å². The fourth-order valence-electron chi connectivity index (χ4n) is 1.05. The third kappa shape index (κ3) is 4.68. The van der Waals surface area contributed by atoms with Crippen LogP contribution in [0.1, 0.15) is 0 Å². The molecule has 0 aliphatic carbocycles. The lowest BCUT2D eigenvalue weighted by Crippen LogP contribution is -2.48. The first-order chi connectivity index (χ1) is 6.47. The van der Waals surface area contributed by atoms with Crippen LogP contribution in [0.3, 0.4) is 0 Å². The van der Waals surface area contributed by atoms with Crippen LogP contribution in [0, 0.1) is 0 Å². The Morgan fingerprint density at radius 1 is 1.21 bits per heavy atom. The van der Waals surface area contributed by atoms with E-state index in [0.29, 0.717) is 0 Å². The van der Waals surface area contributed by atoms with E-state index in [1.165, 1.54) is 0 Å². The van der Waals surface area contributed by atoms with E-state index in [-0.39, 0.29) is 24.8 Å². The highest BCUT2D eigenvalue weighted by Gasteiger charge is 2.43. The Morgan fingerprint density at radius 3 is 1.86 bits per heavy atom. The van der Waals surface area contributed by atoms with Gasteiger partial charge in [-0.15, -0.1) is 23.2 Å². The second-order valence-electron chi connectivity index (χ2n) is 2.54. The topological polar surface area (TPSA) is 12.5 Å². The molecule has 2 nitrogen and oxygen atoms in total. The molecule has 0 N–H and O–H groups in total. The summed E-state index contributed by atoms with van der Waals surface area (Å²) in [6, 6.07) is 0. The molecule has 0 aromatic rings. The molecule has 0 aliphatic heterocycles. The average molecular weight is 254 g/mol. The number of methoxy groups -OCH3 is 1. The number of ether oxygens (including phenoxy) is 1. The monoisotopic (exact) mass is 253 g/mol. The molecule has 0 aromatic carbocycles. The molecule has 0 bridgehead atoms. The van der Waals surface area contributed by atoms with E-state index in [2.05, 4.69) is 4.74 Å². The second-order valence-corrected chi connectivity index (χ2v) is 3.30. The van der Waals surface area contributed by atoms with E-state index >= 15 is 0 Å². The Balaban J connectivity index is 4.41. The van der Waals surface area contributed by atoms with Gasteiger partial charge in [0.05, 0.1) is 0 Å². The fraction of sp³-hybridized carbons (Fsp3) is 1.00. The summed E-state index contributed by atoms with van der Waals surface area (Å²) in [5.74, 6) is 0.208. The summed E-state index contributed by atoms with van der Waals surface area (Å²) in [4.78, 5) is 1.06. The normalized spacial score (nSPS) is 14.8. The van der Waals surface area contributed by atoms with Crippen LogP contribution in [0.5, 0.6) is 0 Å². The minimum absolute atomic E-state index is 0.0896. The molecule has 0 fully saturated rings. The summed E-state index contributed by atoms with van der Waals surface area (Å²) < 4.78 is 41.5. The lowest BCUT2D eigenvalue weighted by Gasteiger charge is -2.30. The summed E-state index contributed by atoms with van der Waals surface area (Å²) in [6.45, 7) is 0.179. The van der Waals surface area contributed by atoms with E-state index in [4.69, 9.17) is 23.2 Å². The molecule has 0 spiro atoms. The molecular formula is C7H12Cl2F3NO. The second kappa shape index (κ2) is 6.71. The van der Waals surface area contributed by atoms with Crippen molar-refractivity contribution < 1.29 is 17.9 Å². The zero-order valence-corrected chi connectivity index (χ0v) is 9.16. The molecule has 0 heterocycles. The molecule has 0 rings (SSSR count). The molecule has 7 heteroatoms. The molecule has 86 valence electrons.